The highest BCUT2D eigenvalue weighted by atomic mass is 35.5. The van der Waals surface area contributed by atoms with Gasteiger partial charge in [-0.1, -0.05) is 17.7 Å². The third-order valence-corrected chi connectivity index (χ3v) is 6.20. The monoisotopic (exact) mass is 445 g/mol. The van der Waals surface area contributed by atoms with Crippen LogP contribution < -0.4 is 4.90 Å². The quantitative estimate of drug-likeness (QED) is 0.449. The fourth-order valence-corrected chi connectivity index (χ4v) is 4.57. The number of aromatic amines is 1. The molecule has 0 spiro atoms. The molecule has 1 fully saturated rings. The number of hydrogen-bond acceptors (Lipinski definition) is 6. The molecule has 0 bridgehead atoms. The number of benzene rings is 2. The van der Waals surface area contributed by atoms with Gasteiger partial charge in [0.25, 0.3) is 0 Å². The Bertz CT molecular complexity index is 1440. The molecule has 4 heterocycles. The first-order valence-corrected chi connectivity index (χ1v) is 10.8. The molecular formula is C23H20ClN7O. The molecule has 0 saturated carbocycles. The smallest absolute Gasteiger partial charge is 0.157 e. The molecule has 1 N–H and O–H groups in total. The predicted octanol–water partition coefficient (Wildman–Crippen LogP) is 4.16. The molecule has 9 heteroatoms. The van der Waals surface area contributed by atoms with Gasteiger partial charge in [0.15, 0.2) is 5.82 Å². The number of H-pyrrole nitrogens is 1. The fourth-order valence-electron chi connectivity index (χ4n) is 4.35. The Balaban J connectivity index is 1.61. The summed E-state index contributed by atoms with van der Waals surface area (Å²) in [7, 11) is 0. The first kappa shape index (κ1) is 19.2. The molecule has 0 amide bonds. The molecule has 0 radical (unpaired) electrons. The lowest BCUT2D eigenvalue weighted by Gasteiger charge is -2.29. The Kier molecular flexibility index (Phi) is 4.55. The van der Waals surface area contributed by atoms with E-state index in [-0.39, 0.29) is 0 Å². The van der Waals surface area contributed by atoms with E-state index in [9.17, 15) is 0 Å². The topological polar surface area (TPSA) is 84.8 Å². The van der Waals surface area contributed by atoms with Crippen molar-refractivity contribution in [1.82, 2.24) is 29.7 Å². The van der Waals surface area contributed by atoms with Crippen LogP contribution in [-0.2, 0) is 4.74 Å². The number of hydrogen-bond donors (Lipinski definition) is 1. The van der Waals surface area contributed by atoms with Crippen molar-refractivity contribution in [1.29, 1.82) is 0 Å². The van der Waals surface area contributed by atoms with Crippen molar-refractivity contribution in [2.75, 3.05) is 31.2 Å². The number of aryl methyl sites for hydroxylation is 1. The second-order valence-corrected chi connectivity index (χ2v) is 8.20. The van der Waals surface area contributed by atoms with E-state index in [4.69, 9.17) is 21.3 Å². The number of imidazole rings is 1. The van der Waals surface area contributed by atoms with Crippen molar-refractivity contribution in [3.63, 3.8) is 0 Å². The number of fused-ring (bicyclic) bond motifs is 2. The van der Waals surface area contributed by atoms with E-state index in [1.165, 1.54) is 6.33 Å². The van der Waals surface area contributed by atoms with Gasteiger partial charge in [-0.3, -0.25) is 14.6 Å². The van der Waals surface area contributed by atoms with Crippen molar-refractivity contribution in [3.8, 4) is 17.1 Å². The van der Waals surface area contributed by atoms with Gasteiger partial charge in [0.05, 0.1) is 41.2 Å². The first-order valence-electron chi connectivity index (χ1n) is 10.5. The van der Waals surface area contributed by atoms with E-state index in [2.05, 4.69) is 47.8 Å². The molecule has 1 aliphatic heterocycles. The van der Waals surface area contributed by atoms with Crippen LogP contribution in [-0.4, -0.2) is 56.0 Å². The Morgan fingerprint density at radius 3 is 2.75 bits per heavy atom. The second kappa shape index (κ2) is 7.58. The molecule has 0 aliphatic carbocycles. The fraction of sp³-hybridized carbons (Fsp3) is 0.217. The second-order valence-electron chi connectivity index (χ2n) is 7.79. The largest absolute Gasteiger partial charge is 0.378 e. The number of pyridine rings is 1. The van der Waals surface area contributed by atoms with Crippen LogP contribution >= 0.6 is 11.6 Å². The van der Waals surface area contributed by atoms with Gasteiger partial charge in [-0.15, -0.1) is 0 Å². The summed E-state index contributed by atoms with van der Waals surface area (Å²) < 4.78 is 7.67. The van der Waals surface area contributed by atoms with E-state index >= 15 is 0 Å². The van der Waals surface area contributed by atoms with Crippen LogP contribution in [0.4, 0.5) is 5.69 Å². The summed E-state index contributed by atoms with van der Waals surface area (Å²) in [6.07, 6.45) is 3.38. The predicted molar refractivity (Wildman–Crippen MR) is 125 cm³/mol. The van der Waals surface area contributed by atoms with Crippen LogP contribution in [0.2, 0.25) is 5.02 Å². The van der Waals surface area contributed by atoms with E-state index in [0.29, 0.717) is 24.1 Å². The minimum atomic E-state index is 0.676. The molecule has 1 saturated heterocycles. The summed E-state index contributed by atoms with van der Waals surface area (Å²) in [4.78, 5) is 16.3. The molecule has 3 aromatic heterocycles. The number of nitrogens with one attached hydrogen (secondary N) is 1. The SMILES string of the molecule is Cc1nc2c(-c3ncn[nH]3)cc(N3CCOCC3)cc2n1-c1cnc2cccc(Cl)c2c1. The van der Waals surface area contributed by atoms with Gasteiger partial charge in [0.1, 0.15) is 17.7 Å². The van der Waals surface area contributed by atoms with Gasteiger partial charge >= 0.3 is 0 Å². The number of ether oxygens (including phenoxy) is 1. The highest BCUT2D eigenvalue weighted by molar-refractivity contribution is 6.35. The van der Waals surface area contributed by atoms with Gasteiger partial charge in [-0.2, -0.15) is 5.10 Å². The van der Waals surface area contributed by atoms with Crippen molar-refractivity contribution in [2.24, 2.45) is 0 Å². The molecule has 6 rings (SSSR count). The van der Waals surface area contributed by atoms with Gasteiger partial charge in [-0.25, -0.2) is 9.97 Å². The molecule has 160 valence electrons. The van der Waals surface area contributed by atoms with Crippen LogP contribution in [0.3, 0.4) is 0 Å². The molecule has 5 aromatic rings. The van der Waals surface area contributed by atoms with Crippen LogP contribution in [0.25, 0.3) is 39.0 Å². The average molecular weight is 446 g/mol. The summed E-state index contributed by atoms with van der Waals surface area (Å²) in [5.41, 5.74) is 5.62. The lowest BCUT2D eigenvalue weighted by atomic mass is 10.1. The van der Waals surface area contributed by atoms with Crippen LogP contribution in [0.15, 0.2) is 48.9 Å². The molecule has 32 heavy (non-hydrogen) atoms. The summed E-state index contributed by atoms with van der Waals surface area (Å²) in [6, 6.07) is 12.1. The molecule has 0 atom stereocenters. The zero-order chi connectivity index (χ0) is 21.7. The van der Waals surface area contributed by atoms with Gasteiger partial charge in [0.2, 0.25) is 0 Å². The number of morpholine rings is 1. The summed E-state index contributed by atoms with van der Waals surface area (Å²) in [5.74, 6) is 1.54. The minimum absolute atomic E-state index is 0.676. The normalized spacial score (nSPS) is 14.5. The van der Waals surface area contributed by atoms with E-state index < -0.39 is 0 Å². The van der Waals surface area contributed by atoms with Crippen molar-refractivity contribution in [2.45, 2.75) is 6.92 Å². The lowest BCUT2D eigenvalue weighted by molar-refractivity contribution is 0.122. The number of aromatic nitrogens is 6. The highest BCUT2D eigenvalue weighted by Gasteiger charge is 2.20. The minimum Gasteiger partial charge on any atom is -0.378 e. The summed E-state index contributed by atoms with van der Waals surface area (Å²) in [5, 5.41) is 8.63. The number of rotatable bonds is 3. The summed E-state index contributed by atoms with van der Waals surface area (Å²) >= 11 is 6.47. The molecular weight excluding hydrogens is 426 g/mol. The Labute approximate surface area is 188 Å². The van der Waals surface area contributed by atoms with Crippen molar-refractivity contribution >= 4 is 39.2 Å². The molecule has 1 aliphatic rings. The maximum absolute atomic E-state index is 6.47. The zero-order valence-electron chi connectivity index (χ0n) is 17.4. The number of anilines is 1. The van der Waals surface area contributed by atoms with Gasteiger partial charge in [0, 0.05) is 29.7 Å². The Hall–Kier alpha value is -3.49. The molecule has 0 unspecified atom stereocenters. The van der Waals surface area contributed by atoms with Crippen LogP contribution in [0.1, 0.15) is 5.82 Å². The van der Waals surface area contributed by atoms with Gasteiger partial charge < -0.3 is 9.64 Å². The first-order chi connectivity index (χ1) is 15.7. The maximum atomic E-state index is 6.47. The maximum Gasteiger partial charge on any atom is 0.157 e. The van der Waals surface area contributed by atoms with Gasteiger partial charge in [-0.05, 0) is 37.3 Å². The van der Waals surface area contributed by atoms with Crippen LogP contribution in [0.5, 0.6) is 0 Å². The van der Waals surface area contributed by atoms with E-state index in [1.54, 1.807) is 0 Å². The van der Waals surface area contributed by atoms with Crippen molar-refractivity contribution in [3.05, 3.63) is 59.8 Å². The Morgan fingerprint density at radius 1 is 1.06 bits per heavy atom. The third kappa shape index (κ3) is 3.11. The number of halogens is 1. The van der Waals surface area contributed by atoms with Crippen LogP contribution in [0, 0.1) is 6.92 Å². The zero-order valence-corrected chi connectivity index (χ0v) is 18.2. The summed E-state index contributed by atoms with van der Waals surface area (Å²) in [6.45, 7) is 5.08. The lowest BCUT2D eigenvalue weighted by Crippen LogP contribution is -2.36. The molecule has 8 nitrogen and oxygen atoms in total. The van der Waals surface area contributed by atoms with E-state index in [0.717, 1.165) is 57.8 Å². The highest BCUT2D eigenvalue weighted by Crippen LogP contribution is 2.34. The van der Waals surface area contributed by atoms with E-state index in [1.807, 2.05) is 31.3 Å². The van der Waals surface area contributed by atoms with Crippen molar-refractivity contribution < 1.29 is 4.74 Å². The average Bonchev–Trinajstić information content (AvgIpc) is 3.47. The standard InChI is InChI=1S/C23H20ClN7O/c1-14-28-22-18(23-26-13-27-29-23)9-15(30-5-7-32-8-6-30)11-21(22)31(14)16-10-17-19(24)3-2-4-20(17)25-12-16/h2-4,9-13H,5-8H2,1H3,(H,26,27,29). The third-order valence-electron chi connectivity index (χ3n) is 5.88. The Morgan fingerprint density at radius 2 is 1.94 bits per heavy atom. The number of nitrogens with zero attached hydrogens (tertiary/aromatic N) is 6. The molecule has 2 aromatic carbocycles.